The molecule has 0 atom stereocenters. The summed E-state index contributed by atoms with van der Waals surface area (Å²) in [5.41, 5.74) is 1.93. The Morgan fingerprint density at radius 1 is 0.900 bits per heavy atom. The Balaban J connectivity index is 2.42. The van der Waals surface area contributed by atoms with Gasteiger partial charge in [-0.25, -0.2) is 0 Å². The minimum Gasteiger partial charge on any atom is -0.258 e. The van der Waals surface area contributed by atoms with Crippen LogP contribution >= 0.6 is 15.9 Å². The van der Waals surface area contributed by atoms with E-state index in [0.717, 1.165) is 21.9 Å². The molecule has 0 N–H and O–H groups in total. The predicted octanol–water partition coefficient (Wildman–Crippen LogP) is 5.18. The molecule has 0 heterocycles. The van der Waals surface area contributed by atoms with E-state index >= 15 is 0 Å². The number of hydrogen-bond donors (Lipinski definition) is 0. The highest BCUT2D eigenvalue weighted by Gasteiger charge is 2.18. The monoisotopic (exact) mass is 327 g/mol. The van der Waals surface area contributed by atoms with E-state index in [0.29, 0.717) is 4.47 Å². The maximum atomic E-state index is 11.2. The van der Waals surface area contributed by atoms with Gasteiger partial charge in [-0.3, -0.25) is 10.1 Å². The molecule has 0 radical (unpaired) electrons. The number of rotatable bonds is 2. The molecule has 0 fully saturated rings. The van der Waals surface area contributed by atoms with Crippen LogP contribution in [0.3, 0.4) is 0 Å². The lowest BCUT2D eigenvalue weighted by atomic mass is 9.97. The van der Waals surface area contributed by atoms with E-state index in [2.05, 4.69) is 15.9 Å². The summed E-state index contributed by atoms with van der Waals surface area (Å²) in [6, 6.07) is 19.0. The maximum absolute atomic E-state index is 11.2. The van der Waals surface area contributed by atoms with Crippen molar-refractivity contribution in [1.29, 1.82) is 0 Å². The first-order valence-electron chi connectivity index (χ1n) is 6.09. The molecule has 3 nitrogen and oxygen atoms in total. The van der Waals surface area contributed by atoms with Gasteiger partial charge in [-0.15, -0.1) is 0 Å². The smallest absolute Gasteiger partial charge is 0.258 e. The van der Waals surface area contributed by atoms with E-state index in [1.165, 1.54) is 0 Å². The maximum Gasteiger partial charge on any atom is 0.284 e. The first-order valence-corrected chi connectivity index (χ1v) is 6.89. The first kappa shape index (κ1) is 12.8. The third kappa shape index (κ3) is 2.08. The van der Waals surface area contributed by atoms with Crippen LogP contribution < -0.4 is 0 Å². The second-order valence-electron chi connectivity index (χ2n) is 4.43. The summed E-state index contributed by atoms with van der Waals surface area (Å²) in [6.45, 7) is 0. The van der Waals surface area contributed by atoms with Crippen molar-refractivity contribution in [3.8, 4) is 11.1 Å². The summed E-state index contributed by atoms with van der Waals surface area (Å²) in [6.07, 6.45) is 0. The Morgan fingerprint density at radius 2 is 1.50 bits per heavy atom. The zero-order valence-electron chi connectivity index (χ0n) is 10.4. The predicted molar refractivity (Wildman–Crippen MR) is 83.7 cm³/mol. The molecule has 0 aliphatic rings. The highest BCUT2D eigenvalue weighted by Crippen LogP contribution is 2.39. The third-order valence-electron chi connectivity index (χ3n) is 3.24. The Kier molecular flexibility index (Phi) is 3.24. The molecule has 0 bridgehead atoms. The number of halogens is 1. The fraction of sp³-hybridized carbons (Fsp3) is 0. The molecular weight excluding hydrogens is 318 g/mol. The SMILES string of the molecule is O=[N+]([O-])c1cc(-c2ccccc2)c2ccccc2c1Br. The van der Waals surface area contributed by atoms with Gasteiger partial charge in [0.25, 0.3) is 5.69 Å². The first-order chi connectivity index (χ1) is 9.68. The van der Waals surface area contributed by atoms with Gasteiger partial charge in [0.05, 0.1) is 4.92 Å². The molecule has 0 aliphatic heterocycles. The molecule has 3 aromatic carbocycles. The number of fused-ring (bicyclic) bond motifs is 1. The van der Waals surface area contributed by atoms with Crippen molar-refractivity contribution >= 4 is 32.4 Å². The van der Waals surface area contributed by atoms with Gasteiger partial charge in [0.2, 0.25) is 0 Å². The highest BCUT2D eigenvalue weighted by molar-refractivity contribution is 9.10. The van der Waals surface area contributed by atoms with E-state index in [-0.39, 0.29) is 10.6 Å². The Bertz CT molecular complexity index is 800. The van der Waals surface area contributed by atoms with Crippen molar-refractivity contribution in [2.75, 3.05) is 0 Å². The van der Waals surface area contributed by atoms with Crippen molar-refractivity contribution in [3.05, 3.63) is 75.3 Å². The van der Waals surface area contributed by atoms with Crippen LogP contribution in [0.4, 0.5) is 5.69 Å². The zero-order valence-corrected chi connectivity index (χ0v) is 12.0. The number of nitrogens with zero attached hydrogens (tertiary/aromatic N) is 1. The number of nitro groups is 1. The van der Waals surface area contributed by atoms with Crippen LogP contribution in [-0.2, 0) is 0 Å². The summed E-state index contributed by atoms with van der Waals surface area (Å²) in [5, 5.41) is 13.1. The lowest BCUT2D eigenvalue weighted by Crippen LogP contribution is -1.92. The molecule has 0 aliphatic carbocycles. The summed E-state index contributed by atoms with van der Waals surface area (Å²) in [5.74, 6) is 0. The van der Waals surface area contributed by atoms with E-state index in [1.807, 2.05) is 54.6 Å². The number of hydrogen-bond acceptors (Lipinski definition) is 2. The van der Waals surface area contributed by atoms with Gasteiger partial charge >= 0.3 is 0 Å². The minimum atomic E-state index is -0.358. The van der Waals surface area contributed by atoms with Gasteiger partial charge in [-0.2, -0.15) is 0 Å². The van der Waals surface area contributed by atoms with Gasteiger partial charge < -0.3 is 0 Å². The van der Waals surface area contributed by atoms with Crippen LogP contribution in [0.5, 0.6) is 0 Å². The summed E-state index contributed by atoms with van der Waals surface area (Å²) >= 11 is 3.35. The van der Waals surface area contributed by atoms with E-state index in [1.54, 1.807) is 6.07 Å². The van der Waals surface area contributed by atoms with Gasteiger partial charge in [0, 0.05) is 11.5 Å². The van der Waals surface area contributed by atoms with Crippen molar-refractivity contribution < 1.29 is 4.92 Å². The van der Waals surface area contributed by atoms with Crippen LogP contribution in [0.15, 0.2) is 65.1 Å². The zero-order chi connectivity index (χ0) is 14.1. The van der Waals surface area contributed by atoms with Crippen LogP contribution in [0, 0.1) is 10.1 Å². The van der Waals surface area contributed by atoms with Crippen LogP contribution in [0.1, 0.15) is 0 Å². The topological polar surface area (TPSA) is 43.1 Å². The molecule has 0 aromatic heterocycles. The fourth-order valence-corrected chi connectivity index (χ4v) is 2.92. The average Bonchev–Trinajstić information content (AvgIpc) is 2.48. The Labute approximate surface area is 124 Å². The Morgan fingerprint density at radius 3 is 2.15 bits per heavy atom. The fourth-order valence-electron chi connectivity index (χ4n) is 2.31. The van der Waals surface area contributed by atoms with E-state index in [4.69, 9.17) is 0 Å². The van der Waals surface area contributed by atoms with Crippen LogP contribution in [0.2, 0.25) is 0 Å². The van der Waals surface area contributed by atoms with Gasteiger partial charge in [-0.05, 0) is 32.4 Å². The van der Waals surface area contributed by atoms with Crippen molar-refractivity contribution in [1.82, 2.24) is 0 Å². The molecule has 98 valence electrons. The minimum absolute atomic E-state index is 0.0857. The molecule has 3 rings (SSSR count). The molecule has 0 amide bonds. The van der Waals surface area contributed by atoms with Crippen molar-refractivity contribution in [2.24, 2.45) is 0 Å². The molecule has 0 spiro atoms. The molecule has 3 aromatic rings. The summed E-state index contributed by atoms with van der Waals surface area (Å²) < 4.78 is 0.526. The van der Waals surface area contributed by atoms with Crippen LogP contribution in [-0.4, -0.2) is 4.92 Å². The molecule has 4 heteroatoms. The lowest BCUT2D eigenvalue weighted by Gasteiger charge is -2.09. The summed E-state index contributed by atoms with van der Waals surface area (Å²) in [4.78, 5) is 10.9. The van der Waals surface area contributed by atoms with Crippen molar-refractivity contribution in [2.45, 2.75) is 0 Å². The number of benzene rings is 3. The normalized spacial score (nSPS) is 10.7. The quantitative estimate of drug-likeness (QED) is 0.481. The molecule has 0 unspecified atom stereocenters. The Hall–Kier alpha value is -2.20. The summed E-state index contributed by atoms with van der Waals surface area (Å²) in [7, 11) is 0. The van der Waals surface area contributed by atoms with E-state index in [9.17, 15) is 10.1 Å². The molecule has 0 saturated carbocycles. The van der Waals surface area contributed by atoms with Crippen molar-refractivity contribution in [3.63, 3.8) is 0 Å². The standard InChI is InChI=1S/C16H10BrNO2/c17-16-13-9-5-4-8-12(13)14(10-15(16)18(19)20)11-6-2-1-3-7-11/h1-10H. The van der Waals surface area contributed by atoms with E-state index < -0.39 is 0 Å². The largest absolute Gasteiger partial charge is 0.284 e. The molecule has 0 saturated heterocycles. The van der Waals surface area contributed by atoms with Crippen LogP contribution in [0.25, 0.3) is 21.9 Å². The second kappa shape index (κ2) is 5.06. The lowest BCUT2D eigenvalue weighted by molar-refractivity contribution is -0.385. The molecule has 20 heavy (non-hydrogen) atoms. The average molecular weight is 328 g/mol. The molecular formula is C16H10BrNO2. The van der Waals surface area contributed by atoms with Gasteiger partial charge in [-0.1, -0.05) is 54.6 Å². The third-order valence-corrected chi connectivity index (χ3v) is 4.07. The number of nitro benzene ring substituents is 1. The van der Waals surface area contributed by atoms with Gasteiger partial charge in [0.15, 0.2) is 0 Å². The second-order valence-corrected chi connectivity index (χ2v) is 5.22. The highest BCUT2D eigenvalue weighted by atomic mass is 79.9. The van der Waals surface area contributed by atoms with Gasteiger partial charge in [0.1, 0.15) is 4.47 Å².